The number of nitrogens with zero attached hydrogens (tertiary/aromatic N) is 1. The maximum absolute atomic E-state index is 13.6. The molecule has 7 nitrogen and oxygen atoms in total. The summed E-state index contributed by atoms with van der Waals surface area (Å²) in [6.07, 6.45) is 4.14. The summed E-state index contributed by atoms with van der Waals surface area (Å²) in [7, 11) is 0. The van der Waals surface area contributed by atoms with E-state index in [1.807, 2.05) is 31.2 Å². The molecule has 31 heavy (non-hydrogen) atoms. The molecule has 4 rings (SSSR count). The topological polar surface area (TPSA) is 95.9 Å². The minimum Gasteiger partial charge on any atom is -0.493 e. The van der Waals surface area contributed by atoms with Gasteiger partial charge in [-0.1, -0.05) is 38.0 Å². The largest absolute Gasteiger partial charge is 0.493 e. The van der Waals surface area contributed by atoms with Gasteiger partial charge in [0.05, 0.1) is 12.0 Å². The van der Waals surface area contributed by atoms with Gasteiger partial charge < -0.3 is 15.2 Å². The SMILES string of the molecule is CCCOc1ccccc1C1(C(=O)N[C@H]2C(=O)N3C(C(=O)O)=C(C)CS[C@H]23)CCCC1. The summed E-state index contributed by atoms with van der Waals surface area (Å²) in [6, 6.07) is 6.97. The predicted molar refractivity (Wildman–Crippen MR) is 118 cm³/mol. The lowest BCUT2D eigenvalue weighted by Crippen LogP contribution is -2.71. The predicted octanol–water partition coefficient (Wildman–Crippen LogP) is 3.05. The molecule has 1 saturated carbocycles. The highest BCUT2D eigenvalue weighted by Gasteiger charge is 2.55. The van der Waals surface area contributed by atoms with Crippen LogP contribution in [0.25, 0.3) is 0 Å². The van der Waals surface area contributed by atoms with Crippen molar-refractivity contribution in [3.63, 3.8) is 0 Å². The molecule has 0 unspecified atom stereocenters. The highest BCUT2D eigenvalue weighted by molar-refractivity contribution is 8.00. The molecule has 1 saturated heterocycles. The van der Waals surface area contributed by atoms with Gasteiger partial charge in [0, 0.05) is 11.3 Å². The Hall–Kier alpha value is -2.48. The Kier molecular flexibility index (Phi) is 6.01. The molecule has 2 N–H and O–H groups in total. The van der Waals surface area contributed by atoms with Gasteiger partial charge in [0.25, 0.3) is 5.91 Å². The molecule has 166 valence electrons. The van der Waals surface area contributed by atoms with Gasteiger partial charge in [0.15, 0.2) is 0 Å². The van der Waals surface area contributed by atoms with Gasteiger partial charge in [-0.25, -0.2) is 4.79 Å². The van der Waals surface area contributed by atoms with Gasteiger partial charge in [0.2, 0.25) is 5.91 Å². The smallest absolute Gasteiger partial charge is 0.352 e. The van der Waals surface area contributed by atoms with Crippen molar-refractivity contribution in [3.05, 3.63) is 41.1 Å². The number of carbonyl (C=O) groups excluding carboxylic acids is 2. The lowest BCUT2D eigenvalue weighted by molar-refractivity contribution is -0.151. The van der Waals surface area contributed by atoms with Crippen LogP contribution in [0.5, 0.6) is 5.75 Å². The van der Waals surface area contributed by atoms with Crippen LogP contribution >= 0.6 is 11.8 Å². The number of benzene rings is 1. The minimum atomic E-state index is -1.10. The van der Waals surface area contributed by atoms with Crippen LogP contribution in [0, 0.1) is 0 Å². The molecular formula is C23H28N2O5S. The van der Waals surface area contributed by atoms with Crippen molar-refractivity contribution < 1.29 is 24.2 Å². The Bertz CT molecular complexity index is 938. The van der Waals surface area contributed by atoms with Crippen LogP contribution in [0.1, 0.15) is 51.5 Å². The Balaban J connectivity index is 1.58. The molecule has 2 amide bonds. The number of ether oxygens (including phenoxy) is 1. The maximum atomic E-state index is 13.6. The number of aliphatic carboxylic acids is 1. The molecule has 1 aromatic carbocycles. The number of rotatable bonds is 7. The van der Waals surface area contributed by atoms with Crippen LogP contribution in [0.4, 0.5) is 0 Å². The zero-order chi connectivity index (χ0) is 22.2. The van der Waals surface area contributed by atoms with Gasteiger partial charge in [-0.2, -0.15) is 0 Å². The zero-order valence-electron chi connectivity index (χ0n) is 17.8. The average Bonchev–Trinajstić information content (AvgIpc) is 3.26. The lowest BCUT2D eigenvalue weighted by Gasteiger charge is -2.50. The molecule has 1 aliphatic carbocycles. The molecule has 3 aliphatic rings. The van der Waals surface area contributed by atoms with E-state index in [2.05, 4.69) is 5.32 Å². The van der Waals surface area contributed by atoms with Gasteiger partial charge in [0.1, 0.15) is 22.9 Å². The summed E-state index contributed by atoms with van der Waals surface area (Å²) in [5.41, 5.74) is 0.862. The summed E-state index contributed by atoms with van der Waals surface area (Å²) < 4.78 is 5.95. The number of carbonyl (C=O) groups is 3. The number of thioether (sulfide) groups is 1. The normalized spacial score (nSPS) is 24.5. The van der Waals surface area contributed by atoms with E-state index in [0.29, 0.717) is 30.8 Å². The summed E-state index contributed by atoms with van der Waals surface area (Å²) in [5.74, 6) is -0.372. The first-order chi connectivity index (χ1) is 14.9. The Morgan fingerprint density at radius 2 is 2.00 bits per heavy atom. The van der Waals surface area contributed by atoms with Crippen LogP contribution < -0.4 is 10.1 Å². The number of carboxylic acids is 1. The van der Waals surface area contributed by atoms with Crippen LogP contribution in [0.2, 0.25) is 0 Å². The highest BCUT2D eigenvalue weighted by atomic mass is 32.2. The standard InChI is InChI=1S/C23H28N2O5S/c1-3-12-30-16-9-5-4-8-15(16)23(10-6-7-11-23)22(29)24-17-19(26)25-18(21(27)28)14(2)13-31-20(17)25/h4-5,8-9,17,20H,3,6-7,10-13H2,1-2H3,(H,24,29)(H,27,28)/t17-,20+/m0/s1. The van der Waals surface area contributed by atoms with E-state index in [4.69, 9.17) is 4.74 Å². The molecule has 0 aromatic heterocycles. The molecule has 8 heteroatoms. The van der Waals surface area contributed by atoms with Crippen molar-refractivity contribution in [3.8, 4) is 5.75 Å². The Morgan fingerprint density at radius 3 is 2.68 bits per heavy atom. The third kappa shape index (κ3) is 3.60. The number of amides is 2. The number of β-lactam (4-membered cyclic amide) rings is 1. The maximum Gasteiger partial charge on any atom is 0.352 e. The van der Waals surface area contributed by atoms with Crippen LogP contribution in [0.15, 0.2) is 35.5 Å². The molecule has 2 fully saturated rings. The number of hydrogen-bond donors (Lipinski definition) is 2. The second-order valence-corrected chi connectivity index (χ2v) is 9.53. The van der Waals surface area contributed by atoms with E-state index in [1.165, 1.54) is 16.7 Å². The second-order valence-electron chi connectivity index (χ2n) is 8.43. The third-order valence-electron chi connectivity index (χ3n) is 6.40. The first-order valence-electron chi connectivity index (χ1n) is 10.8. The van der Waals surface area contributed by atoms with Crippen molar-refractivity contribution in [1.82, 2.24) is 10.2 Å². The van der Waals surface area contributed by atoms with Crippen molar-refractivity contribution in [2.75, 3.05) is 12.4 Å². The second kappa shape index (κ2) is 8.57. The number of carboxylic acid groups (broad SMARTS) is 1. The van der Waals surface area contributed by atoms with Gasteiger partial charge in [-0.15, -0.1) is 11.8 Å². The van der Waals surface area contributed by atoms with Crippen LogP contribution in [-0.2, 0) is 19.8 Å². The number of fused-ring (bicyclic) bond motifs is 1. The lowest BCUT2D eigenvalue weighted by atomic mass is 9.77. The molecule has 1 aromatic rings. The quantitative estimate of drug-likeness (QED) is 0.628. The monoisotopic (exact) mass is 444 g/mol. The van der Waals surface area contributed by atoms with E-state index in [9.17, 15) is 19.5 Å². The van der Waals surface area contributed by atoms with Gasteiger partial charge in [-0.3, -0.25) is 14.5 Å². The number of nitrogens with one attached hydrogen (secondary N) is 1. The van der Waals surface area contributed by atoms with Crippen molar-refractivity contribution in [1.29, 1.82) is 0 Å². The fourth-order valence-electron chi connectivity index (χ4n) is 4.85. The van der Waals surface area contributed by atoms with Crippen LogP contribution in [-0.4, -0.2) is 51.6 Å². The summed E-state index contributed by atoms with van der Waals surface area (Å²) >= 11 is 1.49. The number of hydrogen-bond acceptors (Lipinski definition) is 5. The molecule has 2 aliphatic heterocycles. The van der Waals surface area contributed by atoms with Gasteiger partial charge >= 0.3 is 5.97 Å². The highest BCUT2D eigenvalue weighted by Crippen LogP contribution is 2.46. The van der Waals surface area contributed by atoms with Crippen molar-refractivity contribution >= 4 is 29.5 Å². The van der Waals surface area contributed by atoms with E-state index < -0.39 is 17.4 Å². The Labute approximate surface area is 186 Å². The molecule has 0 spiro atoms. The number of para-hydroxylation sites is 1. The fourth-order valence-corrected chi connectivity index (χ4v) is 6.14. The van der Waals surface area contributed by atoms with E-state index in [0.717, 1.165) is 30.6 Å². The molecular weight excluding hydrogens is 416 g/mol. The van der Waals surface area contributed by atoms with Crippen LogP contribution in [0.3, 0.4) is 0 Å². The first-order valence-corrected chi connectivity index (χ1v) is 11.9. The zero-order valence-corrected chi connectivity index (χ0v) is 18.7. The first kappa shape index (κ1) is 21.7. The molecule has 2 atom stereocenters. The fraction of sp³-hybridized carbons (Fsp3) is 0.522. The van der Waals surface area contributed by atoms with E-state index in [-0.39, 0.29) is 22.9 Å². The summed E-state index contributed by atoms with van der Waals surface area (Å²) in [5, 5.41) is 12.1. The van der Waals surface area contributed by atoms with E-state index >= 15 is 0 Å². The summed E-state index contributed by atoms with van der Waals surface area (Å²) in [4.78, 5) is 39.4. The molecule has 0 bridgehead atoms. The third-order valence-corrected chi connectivity index (χ3v) is 7.83. The van der Waals surface area contributed by atoms with Crippen molar-refractivity contribution in [2.45, 2.75) is 62.8 Å². The minimum absolute atomic E-state index is 0.0492. The van der Waals surface area contributed by atoms with E-state index in [1.54, 1.807) is 6.92 Å². The Morgan fingerprint density at radius 1 is 1.29 bits per heavy atom. The van der Waals surface area contributed by atoms with Gasteiger partial charge in [-0.05, 0) is 37.8 Å². The average molecular weight is 445 g/mol. The summed E-state index contributed by atoms with van der Waals surface area (Å²) in [6.45, 7) is 4.35. The van der Waals surface area contributed by atoms with Crippen molar-refractivity contribution in [2.24, 2.45) is 0 Å². The molecule has 2 heterocycles. The molecule has 0 radical (unpaired) electrons.